The van der Waals surface area contributed by atoms with Crippen molar-refractivity contribution >= 4 is 21.8 Å². The molecule has 0 aliphatic rings. The Kier molecular flexibility index (Phi) is 6.16. The molecule has 0 aliphatic carbocycles. The molecule has 0 heterocycles. The number of amides is 1. The highest BCUT2D eigenvalue weighted by Crippen LogP contribution is 2.04. The minimum absolute atomic E-state index is 0.227. The number of halogens is 1. The molecule has 1 aromatic carbocycles. The van der Waals surface area contributed by atoms with Crippen LogP contribution in [0.5, 0.6) is 0 Å². The lowest BCUT2D eigenvalue weighted by molar-refractivity contribution is -0.129. The molecule has 16 heavy (non-hydrogen) atoms. The lowest BCUT2D eigenvalue weighted by Crippen LogP contribution is -2.28. The molecule has 0 aromatic heterocycles. The monoisotopic (exact) mass is 283 g/mol. The van der Waals surface area contributed by atoms with E-state index in [0.29, 0.717) is 6.42 Å². The number of alkyl halides is 1. The van der Waals surface area contributed by atoms with Gasteiger partial charge in [0.15, 0.2) is 0 Å². The fourth-order valence-electron chi connectivity index (χ4n) is 1.51. The van der Waals surface area contributed by atoms with Gasteiger partial charge in [0.2, 0.25) is 5.91 Å². The molecule has 0 fully saturated rings. The molecule has 3 heteroatoms. The van der Waals surface area contributed by atoms with Gasteiger partial charge in [-0.2, -0.15) is 0 Å². The van der Waals surface area contributed by atoms with Crippen LogP contribution in [0.4, 0.5) is 0 Å². The van der Waals surface area contributed by atoms with Crippen LogP contribution in [0, 0.1) is 0 Å². The molecular weight excluding hydrogens is 266 g/mol. The summed E-state index contributed by atoms with van der Waals surface area (Å²) in [7, 11) is 1.87. The Morgan fingerprint density at radius 1 is 1.31 bits per heavy atom. The van der Waals surface area contributed by atoms with Crippen LogP contribution in [0.1, 0.15) is 18.4 Å². The van der Waals surface area contributed by atoms with E-state index in [2.05, 4.69) is 28.1 Å². The Morgan fingerprint density at radius 2 is 2.00 bits per heavy atom. The van der Waals surface area contributed by atoms with E-state index in [-0.39, 0.29) is 5.91 Å². The smallest absolute Gasteiger partial charge is 0.222 e. The van der Waals surface area contributed by atoms with Gasteiger partial charge in [-0.3, -0.25) is 4.79 Å². The van der Waals surface area contributed by atoms with E-state index >= 15 is 0 Å². The number of hydrogen-bond acceptors (Lipinski definition) is 1. The zero-order chi connectivity index (χ0) is 11.8. The number of rotatable bonds is 6. The average Bonchev–Trinajstić information content (AvgIpc) is 2.34. The third-order valence-electron chi connectivity index (χ3n) is 2.52. The summed E-state index contributed by atoms with van der Waals surface area (Å²) in [4.78, 5) is 13.5. The van der Waals surface area contributed by atoms with E-state index in [1.165, 1.54) is 5.56 Å². The van der Waals surface area contributed by atoms with E-state index in [0.717, 1.165) is 24.7 Å². The van der Waals surface area contributed by atoms with Crippen LogP contribution >= 0.6 is 15.9 Å². The van der Waals surface area contributed by atoms with Crippen molar-refractivity contribution < 1.29 is 4.79 Å². The van der Waals surface area contributed by atoms with Gasteiger partial charge in [0.25, 0.3) is 0 Å². The largest absolute Gasteiger partial charge is 0.346 e. The topological polar surface area (TPSA) is 20.3 Å². The fourth-order valence-corrected chi connectivity index (χ4v) is 1.76. The van der Waals surface area contributed by atoms with Crippen LogP contribution in [-0.4, -0.2) is 29.7 Å². The molecule has 1 aromatic rings. The molecule has 0 saturated carbocycles. The van der Waals surface area contributed by atoms with Crippen LogP contribution in [-0.2, 0) is 11.2 Å². The number of carbonyl (C=O) groups is 1. The van der Waals surface area contributed by atoms with Gasteiger partial charge in [0.1, 0.15) is 0 Å². The van der Waals surface area contributed by atoms with E-state index in [1.807, 2.05) is 30.1 Å². The number of aryl methyl sites for hydroxylation is 1. The first-order valence-corrected chi connectivity index (χ1v) is 6.70. The summed E-state index contributed by atoms with van der Waals surface area (Å²) in [6.45, 7) is 0.832. The molecule has 0 atom stereocenters. The van der Waals surface area contributed by atoms with Crippen molar-refractivity contribution in [2.45, 2.75) is 19.3 Å². The van der Waals surface area contributed by atoms with Gasteiger partial charge in [-0.1, -0.05) is 46.3 Å². The highest BCUT2D eigenvalue weighted by molar-refractivity contribution is 9.09. The van der Waals surface area contributed by atoms with Crippen LogP contribution in [0.2, 0.25) is 0 Å². The first-order valence-electron chi connectivity index (χ1n) is 5.58. The van der Waals surface area contributed by atoms with Crippen molar-refractivity contribution in [3.8, 4) is 0 Å². The van der Waals surface area contributed by atoms with E-state index in [4.69, 9.17) is 0 Å². The minimum Gasteiger partial charge on any atom is -0.346 e. The molecule has 0 bridgehead atoms. The van der Waals surface area contributed by atoms with E-state index in [9.17, 15) is 4.79 Å². The van der Waals surface area contributed by atoms with Gasteiger partial charge < -0.3 is 4.90 Å². The van der Waals surface area contributed by atoms with Crippen molar-refractivity contribution in [3.05, 3.63) is 35.9 Å². The number of nitrogens with zero attached hydrogens (tertiary/aromatic N) is 1. The second-order valence-corrected chi connectivity index (χ2v) is 4.64. The molecule has 2 nitrogen and oxygen atoms in total. The molecule has 1 rings (SSSR count). The van der Waals surface area contributed by atoms with Gasteiger partial charge in [0, 0.05) is 25.3 Å². The normalized spacial score (nSPS) is 10.1. The Bertz CT molecular complexity index is 313. The number of hydrogen-bond donors (Lipinski definition) is 0. The Labute approximate surface area is 106 Å². The summed E-state index contributed by atoms with van der Waals surface area (Å²) in [5.74, 6) is 0.227. The first kappa shape index (κ1) is 13.2. The van der Waals surface area contributed by atoms with Crippen LogP contribution in [0.25, 0.3) is 0 Å². The molecule has 0 unspecified atom stereocenters. The van der Waals surface area contributed by atoms with Crippen molar-refractivity contribution in [1.82, 2.24) is 4.90 Å². The number of benzene rings is 1. The Morgan fingerprint density at radius 3 is 2.62 bits per heavy atom. The molecule has 0 saturated heterocycles. The zero-order valence-corrected chi connectivity index (χ0v) is 11.2. The summed E-state index contributed by atoms with van der Waals surface area (Å²) in [5.41, 5.74) is 1.23. The third kappa shape index (κ3) is 4.79. The van der Waals surface area contributed by atoms with Gasteiger partial charge >= 0.3 is 0 Å². The Hall–Kier alpha value is -0.830. The maximum absolute atomic E-state index is 11.7. The maximum Gasteiger partial charge on any atom is 0.222 e. The van der Waals surface area contributed by atoms with Crippen molar-refractivity contribution in [1.29, 1.82) is 0 Å². The predicted octanol–water partition coefficient (Wildman–Crippen LogP) is 2.86. The molecule has 0 N–H and O–H groups in total. The molecule has 1 amide bonds. The third-order valence-corrected chi connectivity index (χ3v) is 3.08. The van der Waals surface area contributed by atoms with Crippen LogP contribution in [0.15, 0.2) is 30.3 Å². The fraction of sp³-hybridized carbons (Fsp3) is 0.462. The number of carbonyl (C=O) groups excluding carboxylic acids is 1. The van der Waals surface area contributed by atoms with Gasteiger partial charge in [-0.15, -0.1) is 0 Å². The summed E-state index contributed by atoms with van der Waals surface area (Å²) in [6, 6.07) is 10.1. The summed E-state index contributed by atoms with van der Waals surface area (Å²) in [5, 5.41) is 0.948. The van der Waals surface area contributed by atoms with Crippen molar-refractivity contribution in [2.24, 2.45) is 0 Å². The van der Waals surface area contributed by atoms with Crippen LogP contribution in [0.3, 0.4) is 0 Å². The van der Waals surface area contributed by atoms with Crippen LogP contribution < -0.4 is 0 Å². The minimum atomic E-state index is 0.227. The second kappa shape index (κ2) is 7.44. The lowest BCUT2D eigenvalue weighted by atomic mass is 10.1. The first-order chi connectivity index (χ1) is 7.74. The zero-order valence-electron chi connectivity index (χ0n) is 9.66. The predicted molar refractivity (Wildman–Crippen MR) is 70.8 cm³/mol. The van der Waals surface area contributed by atoms with Crippen molar-refractivity contribution in [2.75, 3.05) is 18.9 Å². The van der Waals surface area contributed by atoms with E-state index < -0.39 is 0 Å². The molecule has 0 spiro atoms. The Balaban J connectivity index is 2.29. The standard InChI is InChI=1S/C13H18BrNO/c1-15(11-5-10-14)13(16)9-8-12-6-3-2-4-7-12/h2-4,6-7H,5,8-11H2,1H3. The van der Waals surface area contributed by atoms with Crippen molar-refractivity contribution in [3.63, 3.8) is 0 Å². The molecular formula is C13H18BrNO. The summed E-state index contributed by atoms with van der Waals surface area (Å²) < 4.78 is 0. The van der Waals surface area contributed by atoms with E-state index in [1.54, 1.807) is 0 Å². The van der Waals surface area contributed by atoms with Gasteiger partial charge in [-0.25, -0.2) is 0 Å². The van der Waals surface area contributed by atoms with Gasteiger partial charge in [0.05, 0.1) is 0 Å². The SMILES string of the molecule is CN(CCCBr)C(=O)CCc1ccccc1. The highest BCUT2D eigenvalue weighted by Gasteiger charge is 2.07. The lowest BCUT2D eigenvalue weighted by Gasteiger charge is -2.16. The molecule has 0 radical (unpaired) electrons. The second-order valence-electron chi connectivity index (χ2n) is 3.84. The average molecular weight is 284 g/mol. The quantitative estimate of drug-likeness (QED) is 0.736. The molecule has 88 valence electrons. The highest BCUT2D eigenvalue weighted by atomic mass is 79.9. The molecule has 0 aliphatic heterocycles. The summed E-state index contributed by atoms with van der Waals surface area (Å²) in [6.07, 6.45) is 2.44. The maximum atomic E-state index is 11.7. The van der Waals surface area contributed by atoms with Gasteiger partial charge in [-0.05, 0) is 18.4 Å². The summed E-state index contributed by atoms with van der Waals surface area (Å²) >= 11 is 3.36.